The summed E-state index contributed by atoms with van der Waals surface area (Å²) in [6, 6.07) is 14.2. The first-order valence-corrected chi connectivity index (χ1v) is 9.13. The van der Waals surface area contributed by atoms with Crippen LogP contribution in [0.2, 0.25) is 5.02 Å². The van der Waals surface area contributed by atoms with Gasteiger partial charge in [-0.05, 0) is 42.5 Å². The number of benzene rings is 2. The van der Waals surface area contributed by atoms with Crippen LogP contribution in [0.1, 0.15) is 5.56 Å². The van der Waals surface area contributed by atoms with E-state index in [1.807, 2.05) is 18.2 Å². The second kappa shape index (κ2) is 8.09. The quantitative estimate of drug-likeness (QED) is 0.525. The van der Waals surface area contributed by atoms with Crippen LogP contribution in [0.15, 0.2) is 60.4 Å². The van der Waals surface area contributed by atoms with Crippen molar-refractivity contribution in [1.29, 1.82) is 5.26 Å². The van der Waals surface area contributed by atoms with Gasteiger partial charge in [-0.1, -0.05) is 11.6 Å². The first kappa shape index (κ1) is 18.6. The number of rotatable bonds is 4. The summed E-state index contributed by atoms with van der Waals surface area (Å²) in [4.78, 5) is 12.5. The molecule has 1 aliphatic heterocycles. The molecule has 2 heterocycles. The highest BCUT2D eigenvalue weighted by atomic mass is 35.5. The lowest BCUT2D eigenvalue weighted by molar-refractivity contribution is -0.112. The van der Waals surface area contributed by atoms with Crippen LogP contribution in [0.4, 0.5) is 5.69 Å². The van der Waals surface area contributed by atoms with E-state index in [1.54, 1.807) is 47.4 Å². The number of anilines is 1. The molecular weight excluding hydrogens is 392 g/mol. The van der Waals surface area contributed by atoms with E-state index in [4.69, 9.17) is 21.1 Å². The zero-order chi connectivity index (χ0) is 20.2. The van der Waals surface area contributed by atoms with E-state index in [-0.39, 0.29) is 5.57 Å². The molecule has 1 amide bonds. The van der Waals surface area contributed by atoms with Crippen LogP contribution in [0.5, 0.6) is 11.5 Å². The zero-order valence-corrected chi connectivity index (χ0v) is 15.9. The fourth-order valence-electron chi connectivity index (χ4n) is 2.78. The number of nitrogens with one attached hydrogen (secondary N) is 1. The minimum Gasteiger partial charge on any atom is -0.486 e. The third-order valence-electron chi connectivity index (χ3n) is 4.17. The lowest BCUT2D eigenvalue weighted by atomic mass is 10.2. The largest absolute Gasteiger partial charge is 0.486 e. The van der Waals surface area contributed by atoms with E-state index in [2.05, 4.69) is 10.4 Å². The maximum atomic E-state index is 12.5. The molecule has 0 spiro atoms. The molecule has 0 saturated heterocycles. The predicted octanol–water partition coefficient (Wildman–Crippen LogP) is 3.84. The normalized spacial score (nSPS) is 12.9. The molecule has 1 aliphatic rings. The van der Waals surface area contributed by atoms with Crippen LogP contribution in [-0.4, -0.2) is 28.9 Å². The van der Waals surface area contributed by atoms with Crippen molar-refractivity contribution in [2.24, 2.45) is 0 Å². The number of hydrogen-bond acceptors (Lipinski definition) is 5. The summed E-state index contributed by atoms with van der Waals surface area (Å²) >= 11 is 5.90. The summed E-state index contributed by atoms with van der Waals surface area (Å²) in [5.74, 6) is 0.657. The SMILES string of the molecule is N#C/C(=C/c1cnn(-c2ccc(Cl)cc2)c1)C(=O)Nc1ccc2c(c1)OCCO2. The third kappa shape index (κ3) is 4.23. The molecule has 144 valence electrons. The second-order valence-electron chi connectivity index (χ2n) is 6.18. The number of hydrogen-bond donors (Lipinski definition) is 1. The van der Waals surface area contributed by atoms with Gasteiger partial charge in [0.05, 0.1) is 11.9 Å². The molecule has 8 heteroatoms. The van der Waals surface area contributed by atoms with Gasteiger partial charge in [0, 0.05) is 28.5 Å². The average Bonchev–Trinajstić information content (AvgIpc) is 3.21. The molecule has 0 unspecified atom stereocenters. The topological polar surface area (TPSA) is 89.2 Å². The summed E-state index contributed by atoms with van der Waals surface area (Å²) in [5, 5.41) is 17.0. The summed E-state index contributed by atoms with van der Waals surface area (Å²) < 4.78 is 12.6. The van der Waals surface area contributed by atoms with Crippen molar-refractivity contribution in [3.05, 3.63) is 71.0 Å². The Morgan fingerprint density at radius 2 is 1.93 bits per heavy atom. The molecule has 0 atom stereocenters. The minimum atomic E-state index is -0.525. The molecule has 4 rings (SSSR count). The minimum absolute atomic E-state index is 0.0458. The Kier molecular flexibility index (Phi) is 5.18. The number of carbonyl (C=O) groups excluding carboxylic acids is 1. The number of carbonyl (C=O) groups is 1. The highest BCUT2D eigenvalue weighted by molar-refractivity contribution is 6.30. The van der Waals surface area contributed by atoms with E-state index in [9.17, 15) is 10.1 Å². The first-order chi connectivity index (χ1) is 14.1. The van der Waals surface area contributed by atoms with Gasteiger partial charge in [0.15, 0.2) is 11.5 Å². The van der Waals surface area contributed by atoms with Gasteiger partial charge < -0.3 is 14.8 Å². The molecule has 0 saturated carbocycles. The van der Waals surface area contributed by atoms with E-state index in [0.29, 0.717) is 41.0 Å². The summed E-state index contributed by atoms with van der Waals surface area (Å²) in [5.41, 5.74) is 1.90. The van der Waals surface area contributed by atoms with Gasteiger partial charge in [-0.15, -0.1) is 0 Å². The third-order valence-corrected chi connectivity index (χ3v) is 4.42. The number of fused-ring (bicyclic) bond motifs is 1. The molecule has 0 fully saturated rings. The summed E-state index contributed by atoms with van der Waals surface area (Å²) in [6.45, 7) is 0.940. The summed E-state index contributed by atoms with van der Waals surface area (Å²) in [7, 11) is 0. The maximum absolute atomic E-state index is 12.5. The van der Waals surface area contributed by atoms with Crippen LogP contribution in [0, 0.1) is 11.3 Å². The molecule has 29 heavy (non-hydrogen) atoms. The van der Waals surface area contributed by atoms with Crippen molar-refractivity contribution >= 4 is 29.3 Å². The van der Waals surface area contributed by atoms with Crippen molar-refractivity contribution in [3.8, 4) is 23.3 Å². The van der Waals surface area contributed by atoms with Crippen LogP contribution < -0.4 is 14.8 Å². The van der Waals surface area contributed by atoms with Crippen molar-refractivity contribution in [2.45, 2.75) is 0 Å². The fourth-order valence-corrected chi connectivity index (χ4v) is 2.91. The highest BCUT2D eigenvalue weighted by Crippen LogP contribution is 2.32. The number of nitriles is 1. The van der Waals surface area contributed by atoms with Gasteiger partial charge in [0.25, 0.3) is 5.91 Å². The first-order valence-electron chi connectivity index (χ1n) is 8.76. The molecule has 0 radical (unpaired) electrons. The van der Waals surface area contributed by atoms with Crippen LogP contribution >= 0.6 is 11.6 Å². The Bertz CT molecular complexity index is 1130. The Hall–Kier alpha value is -3.76. The van der Waals surface area contributed by atoms with Gasteiger partial charge in [0.1, 0.15) is 24.9 Å². The second-order valence-corrected chi connectivity index (χ2v) is 6.61. The molecule has 3 aromatic rings. The number of aromatic nitrogens is 2. The van der Waals surface area contributed by atoms with E-state index < -0.39 is 5.91 Å². The molecular formula is C21H15ClN4O3. The molecule has 0 bridgehead atoms. The standard InChI is InChI=1S/C21H15ClN4O3/c22-16-1-4-18(5-2-16)26-13-14(12-24-26)9-15(11-23)21(27)25-17-3-6-19-20(10-17)29-8-7-28-19/h1-6,9-10,12-13H,7-8H2,(H,25,27)/b15-9-. The number of amides is 1. The van der Waals surface area contributed by atoms with Crippen molar-refractivity contribution in [1.82, 2.24) is 9.78 Å². The number of ether oxygens (including phenoxy) is 2. The molecule has 2 aromatic carbocycles. The van der Waals surface area contributed by atoms with E-state index >= 15 is 0 Å². The molecule has 1 aromatic heterocycles. The van der Waals surface area contributed by atoms with Gasteiger partial charge in [-0.2, -0.15) is 10.4 Å². The van der Waals surface area contributed by atoms with Gasteiger partial charge >= 0.3 is 0 Å². The Balaban J connectivity index is 1.51. The Morgan fingerprint density at radius 3 is 2.69 bits per heavy atom. The molecule has 1 N–H and O–H groups in total. The lowest BCUT2D eigenvalue weighted by Gasteiger charge is -2.18. The van der Waals surface area contributed by atoms with Crippen molar-refractivity contribution in [3.63, 3.8) is 0 Å². The van der Waals surface area contributed by atoms with Crippen molar-refractivity contribution < 1.29 is 14.3 Å². The Labute approximate surface area is 171 Å². The number of nitrogens with zero attached hydrogens (tertiary/aromatic N) is 3. The van der Waals surface area contributed by atoms with Crippen LogP contribution in [0.25, 0.3) is 11.8 Å². The smallest absolute Gasteiger partial charge is 0.266 e. The van der Waals surface area contributed by atoms with E-state index in [0.717, 1.165) is 5.69 Å². The van der Waals surface area contributed by atoms with Crippen molar-refractivity contribution in [2.75, 3.05) is 18.5 Å². The van der Waals surface area contributed by atoms with Crippen LogP contribution in [-0.2, 0) is 4.79 Å². The van der Waals surface area contributed by atoms with E-state index in [1.165, 1.54) is 6.08 Å². The lowest BCUT2D eigenvalue weighted by Crippen LogP contribution is -2.17. The highest BCUT2D eigenvalue weighted by Gasteiger charge is 2.15. The zero-order valence-electron chi connectivity index (χ0n) is 15.1. The van der Waals surface area contributed by atoms with Crippen LogP contribution in [0.3, 0.4) is 0 Å². The Morgan fingerprint density at radius 1 is 1.17 bits per heavy atom. The predicted molar refractivity (Wildman–Crippen MR) is 108 cm³/mol. The number of halogens is 1. The summed E-state index contributed by atoms with van der Waals surface area (Å²) in [6.07, 6.45) is 4.77. The van der Waals surface area contributed by atoms with Gasteiger partial charge in [-0.25, -0.2) is 4.68 Å². The average molecular weight is 407 g/mol. The van der Waals surface area contributed by atoms with Gasteiger partial charge in [0.2, 0.25) is 0 Å². The van der Waals surface area contributed by atoms with Gasteiger partial charge in [-0.3, -0.25) is 4.79 Å². The molecule has 7 nitrogen and oxygen atoms in total. The monoisotopic (exact) mass is 406 g/mol. The maximum Gasteiger partial charge on any atom is 0.266 e. The molecule has 0 aliphatic carbocycles. The fraction of sp³-hybridized carbons (Fsp3) is 0.0952.